The van der Waals surface area contributed by atoms with Gasteiger partial charge in [-0.3, -0.25) is 28.5 Å². The van der Waals surface area contributed by atoms with Crippen LogP contribution in [0, 0.1) is 0 Å². The van der Waals surface area contributed by atoms with E-state index in [0.29, 0.717) is 49.3 Å². The Morgan fingerprint density at radius 2 is 1.97 bits per heavy atom. The van der Waals surface area contributed by atoms with Gasteiger partial charge in [0.15, 0.2) is 16.3 Å². The molecule has 1 amide bonds. The van der Waals surface area contributed by atoms with Crippen molar-refractivity contribution in [1.82, 2.24) is 28.6 Å². The van der Waals surface area contributed by atoms with Gasteiger partial charge in [0.1, 0.15) is 17.8 Å². The minimum atomic E-state index is -0.496. The van der Waals surface area contributed by atoms with Gasteiger partial charge in [-0.25, -0.2) is 14.8 Å². The van der Waals surface area contributed by atoms with Gasteiger partial charge in [0.2, 0.25) is 5.91 Å². The Hall–Kier alpha value is -3.55. The van der Waals surface area contributed by atoms with Crippen molar-refractivity contribution >= 4 is 43.8 Å². The van der Waals surface area contributed by atoms with Crippen LogP contribution in [-0.2, 0) is 30.2 Å². The monoisotopic (exact) mass is 527 g/mol. The Bertz CT molecular complexity index is 1560. The fraction of sp³-hybridized carbons (Fsp3) is 0.458. The number of amides is 1. The standard InChI is InChI=1S/C24H29N7O5S/c1-4-36-16-6-5-7-17-19(16)26-23(37-17)31(9-8-29-10-12-35-13-11-29)18(32)14-30-15-25-21-20(30)22(33)28(3)24(34)27(21)2/h5-7,15H,4,8-14H2,1-3H3. The lowest BCUT2D eigenvalue weighted by Crippen LogP contribution is -2.44. The van der Waals surface area contributed by atoms with Crippen LogP contribution in [0.25, 0.3) is 21.4 Å². The number of para-hydroxylation sites is 1. The molecular formula is C24H29N7O5S. The van der Waals surface area contributed by atoms with Gasteiger partial charge < -0.3 is 14.0 Å². The number of benzene rings is 1. The van der Waals surface area contributed by atoms with Gasteiger partial charge in [-0.2, -0.15) is 0 Å². The number of morpholine rings is 1. The van der Waals surface area contributed by atoms with Crippen LogP contribution in [0.4, 0.5) is 5.13 Å². The van der Waals surface area contributed by atoms with E-state index in [0.717, 1.165) is 22.4 Å². The summed E-state index contributed by atoms with van der Waals surface area (Å²) in [5.41, 5.74) is 0.187. The number of rotatable bonds is 8. The smallest absolute Gasteiger partial charge is 0.332 e. The fourth-order valence-corrected chi connectivity index (χ4v) is 5.47. The highest BCUT2D eigenvalue weighted by molar-refractivity contribution is 7.22. The maximum Gasteiger partial charge on any atom is 0.332 e. The Kier molecular flexibility index (Phi) is 7.09. The molecule has 12 nitrogen and oxygen atoms in total. The summed E-state index contributed by atoms with van der Waals surface area (Å²) in [6.07, 6.45) is 1.43. The van der Waals surface area contributed by atoms with Gasteiger partial charge >= 0.3 is 5.69 Å². The van der Waals surface area contributed by atoms with Crippen LogP contribution < -0.4 is 20.9 Å². The summed E-state index contributed by atoms with van der Waals surface area (Å²) in [4.78, 5) is 51.9. The summed E-state index contributed by atoms with van der Waals surface area (Å²) in [5.74, 6) is 0.438. The second-order valence-corrected chi connectivity index (χ2v) is 9.79. The fourth-order valence-electron chi connectivity index (χ4n) is 4.44. The summed E-state index contributed by atoms with van der Waals surface area (Å²) < 4.78 is 15.9. The Morgan fingerprint density at radius 3 is 2.73 bits per heavy atom. The Morgan fingerprint density at radius 1 is 1.19 bits per heavy atom. The molecular weight excluding hydrogens is 498 g/mol. The maximum atomic E-state index is 13.8. The van der Waals surface area contributed by atoms with E-state index < -0.39 is 11.2 Å². The van der Waals surface area contributed by atoms with Crippen LogP contribution in [0.1, 0.15) is 6.92 Å². The highest BCUT2D eigenvalue weighted by Gasteiger charge is 2.24. The molecule has 196 valence electrons. The van der Waals surface area contributed by atoms with Gasteiger partial charge in [0.25, 0.3) is 5.56 Å². The summed E-state index contributed by atoms with van der Waals surface area (Å²) in [5, 5.41) is 0.560. The van der Waals surface area contributed by atoms with Gasteiger partial charge in [0.05, 0.1) is 30.8 Å². The molecule has 1 saturated heterocycles. The molecule has 37 heavy (non-hydrogen) atoms. The second kappa shape index (κ2) is 10.4. The molecule has 5 rings (SSSR count). The van der Waals surface area contributed by atoms with Gasteiger partial charge in [0, 0.05) is 40.3 Å². The third kappa shape index (κ3) is 4.77. The number of fused-ring (bicyclic) bond motifs is 2. The quantitative estimate of drug-likeness (QED) is 0.331. The zero-order valence-electron chi connectivity index (χ0n) is 21.0. The number of hydrogen-bond donors (Lipinski definition) is 0. The zero-order valence-corrected chi connectivity index (χ0v) is 21.9. The predicted octanol–water partition coefficient (Wildman–Crippen LogP) is 0.808. The van der Waals surface area contributed by atoms with Crippen LogP contribution in [-0.4, -0.2) is 80.5 Å². The van der Waals surface area contributed by atoms with Crippen molar-refractivity contribution < 1.29 is 14.3 Å². The number of imidazole rings is 1. The first kappa shape index (κ1) is 25.1. The third-order valence-electron chi connectivity index (χ3n) is 6.47. The number of aryl methyl sites for hydroxylation is 1. The lowest BCUT2D eigenvalue weighted by atomic mass is 10.3. The van der Waals surface area contributed by atoms with Crippen molar-refractivity contribution in [2.75, 3.05) is 50.9 Å². The highest BCUT2D eigenvalue weighted by Crippen LogP contribution is 2.34. The van der Waals surface area contributed by atoms with E-state index in [2.05, 4.69) is 9.88 Å². The molecule has 0 saturated carbocycles. The van der Waals surface area contributed by atoms with E-state index in [-0.39, 0.29) is 23.6 Å². The van der Waals surface area contributed by atoms with Crippen LogP contribution in [0.5, 0.6) is 5.75 Å². The molecule has 4 heterocycles. The number of nitrogens with zero attached hydrogens (tertiary/aromatic N) is 7. The SMILES string of the molecule is CCOc1cccc2sc(N(CCN3CCOCC3)C(=O)Cn3cnc4c3c(=O)n(C)c(=O)n4C)nc12. The predicted molar refractivity (Wildman–Crippen MR) is 141 cm³/mol. The van der Waals surface area contributed by atoms with Crippen LogP contribution in [0.15, 0.2) is 34.1 Å². The first-order valence-electron chi connectivity index (χ1n) is 12.1. The minimum absolute atomic E-state index is 0.124. The number of aromatic nitrogens is 5. The number of anilines is 1. The molecule has 1 aliphatic heterocycles. The van der Waals surface area contributed by atoms with E-state index in [1.54, 1.807) is 11.9 Å². The lowest BCUT2D eigenvalue weighted by Gasteiger charge is -2.29. The first-order chi connectivity index (χ1) is 17.9. The van der Waals surface area contributed by atoms with Gasteiger partial charge in [-0.15, -0.1) is 0 Å². The van der Waals surface area contributed by atoms with Crippen LogP contribution in [0.3, 0.4) is 0 Å². The van der Waals surface area contributed by atoms with E-state index in [4.69, 9.17) is 14.5 Å². The maximum absolute atomic E-state index is 13.8. The lowest BCUT2D eigenvalue weighted by molar-refractivity contribution is -0.119. The van der Waals surface area contributed by atoms with Crippen molar-refractivity contribution in [3.05, 3.63) is 45.4 Å². The van der Waals surface area contributed by atoms with E-state index in [1.165, 1.54) is 33.8 Å². The average Bonchev–Trinajstić information content (AvgIpc) is 3.52. The average molecular weight is 528 g/mol. The van der Waals surface area contributed by atoms with Crippen molar-refractivity contribution in [2.24, 2.45) is 14.1 Å². The summed E-state index contributed by atoms with van der Waals surface area (Å²) in [6, 6.07) is 5.73. The number of ether oxygens (including phenoxy) is 2. The second-order valence-electron chi connectivity index (χ2n) is 8.78. The Balaban J connectivity index is 1.50. The Labute approximate surface area is 216 Å². The van der Waals surface area contributed by atoms with Crippen LogP contribution in [0.2, 0.25) is 0 Å². The number of thiazole rings is 1. The van der Waals surface area contributed by atoms with Crippen LogP contribution >= 0.6 is 11.3 Å². The molecule has 0 unspecified atom stereocenters. The number of carbonyl (C=O) groups excluding carboxylic acids is 1. The molecule has 0 atom stereocenters. The molecule has 0 radical (unpaired) electrons. The van der Waals surface area contributed by atoms with E-state index in [1.807, 2.05) is 25.1 Å². The van der Waals surface area contributed by atoms with Crippen molar-refractivity contribution in [3.63, 3.8) is 0 Å². The van der Waals surface area contributed by atoms with Crippen molar-refractivity contribution in [1.29, 1.82) is 0 Å². The molecule has 0 spiro atoms. The first-order valence-corrected chi connectivity index (χ1v) is 12.9. The number of hydrogen-bond acceptors (Lipinski definition) is 9. The summed E-state index contributed by atoms with van der Waals surface area (Å²) in [7, 11) is 2.96. The van der Waals surface area contributed by atoms with Gasteiger partial charge in [-0.1, -0.05) is 17.4 Å². The van der Waals surface area contributed by atoms with Crippen molar-refractivity contribution in [2.45, 2.75) is 13.5 Å². The molecule has 0 bridgehead atoms. The molecule has 0 N–H and O–H groups in total. The molecule has 4 aromatic rings. The number of carbonyl (C=O) groups is 1. The molecule has 1 aliphatic rings. The molecule has 0 aliphatic carbocycles. The van der Waals surface area contributed by atoms with Crippen molar-refractivity contribution in [3.8, 4) is 5.75 Å². The summed E-state index contributed by atoms with van der Waals surface area (Å²) in [6.45, 7) is 6.30. The molecule has 3 aromatic heterocycles. The van der Waals surface area contributed by atoms with E-state index >= 15 is 0 Å². The largest absolute Gasteiger partial charge is 0.492 e. The zero-order chi connectivity index (χ0) is 26.1. The summed E-state index contributed by atoms with van der Waals surface area (Å²) >= 11 is 1.42. The topological polar surface area (TPSA) is 117 Å². The normalized spacial score (nSPS) is 14.5. The minimum Gasteiger partial charge on any atom is -0.492 e. The molecule has 1 aromatic carbocycles. The molecule has 1 fully saturated rings. The highest BCUT2D eigenvalue weighted by atomic mass is 32.1. The van der Waals surface area contributed by atoms with Gasteiger partial charge in [-0.05, 0) is 19.1 Å². The third-order valence-corrected chi connectivity index (χ3v) is 7.51. The van der Waals surface area contributed by atoms with E-state index in [9.17, 15) is 14.4 Å². The molecule has 13 heteroatoms.